The van der Waals surface area contributed by atoms with Gasteiger partial charge in [-0.3, -0.25) is 0 Å². The van der Waals surface area contributed by atoms with E-state index in [1.807, 2.05) is 54.6 Å². The van der Waals surface area contributed by atoms with Gasteiger partial charge >= 0.3 is 11.9 Å². The molecule has 4 aromatic carbocycles. The Balaban J connectivity index is 1.57. The van der Waals surface area contributed by atoms with Crippen molar-refractivity contribution in [2.75, 3.05) is 13.2 Å². The topological polar surface area (TPSA) is 52.6 Å². The normalized spacial score (nSPS) is 12.9. The Morgan fingerprint density at radius 2 is 1.17 bits per heavy atom. The minimum atomic E-state index is -0.815. The Hall–Kier alpha value is -4.18. The highest BCUT2D eigenvalue weighted by Crippen LogP contribution is 2.51. The van der Waals surface area contributed by atoms with Gasteiger partial charge in [-0.15, -0.1) is 0 Å². The summed E-state index contributed by atoms with van der Waals surface area (Å²) >= 11 is 0. The maximum absolute atomic E-state index is 13.0. The number of rotatable bonds is 8. The third-order valence-electron chi connectivity index (χ3n) is 6.82. The van der Waals surface area contributed by atoms with Crippen LogP contribution in [0.3, 0.4) is 0 Å². The van der Waals surface area contributed by atoms with Crippen LogP contribution in [0, 0.1) is 0 Å². The van der Waals surface area contributed by atoms with Gasteiger partial charge in [0.1, 0.15) is 13.2 Å². The molecule has 180 valence electrons. The lowest BCUT2D eigenvalue weighted by molar-refractivity contribution is 0.0247. The molecule has 0 spiro atoms. The third-order valence-corrected chi connectivity index (χ3v) is 6.82. The van der Waals surface area contributed by atoms with Crippen LogP contribution < -0.4 is 0 Å². The van der Waals surface area contributed by atoms with Crippen molar-refractivity contribution < 1.29 is 19.1 Å². The van der Waals surface area contributed by atoms with Crippen LogP contribution in [0.4, 0.5) is 0 Å². The molecule has 0 aliphatic heterocycles. The minimum absolute atomic E-state index is 0.0579. The molecule has 36 heavy (non-hydrogen) atoms. The molecule has 5 rings (SSSR count). The van der Waals surface area contributed by atoms with Gasteiger partial charge in [0.2, 0.25) is 0 Å². The van der Waals surface area contributed by atoms with Gasteiger partial charge in [-0.2, -0.15) is 0 Å². The van der Waals surface area contributed by atoms with Crippen LogP contribution in [-0.4, -0.2) is 25.2 Å². The first kappa shape index (κ1) is 23.6. The van der Waals surface area contributed by atoms with E-state index in [2.05, 4.69) is 31.2 Å². The second-order valence-corrected chi connectivity index (χ2v) is 9.10. The average molecular weight is 477 g/mol. The molecule has 0 fully saturated rings. The summed E-state index contributed by atoms with van der Waals surface area (Å²) in [5.41, 5.74) is 5.68. The molecule has 1 aliphatic rings. The summed E-state index contributed by atoms with van der Waals surface area (Å²) < 4.78 is 11.9. The fourth-order valence-corrected chi connectivity index (χ4v) is 5.10. The number of ether oxygens (including phenoxy) is 2. The van der Waals surface area contributed by atoms with E-state index in [0.29, 0.717) is 11.1 Å². The summed E-state index contributed by atoms with van der Waals surface area (Å²) in [5.74, 6) is -0.806. The zero-order valence-corrected chi connectivity index (χ0v) is 20.3. The summed E-state index contributed by atoms with van der Waals surface area (Å²) in [7, 11) is 0. The van der Waals surface area contributed by atoms with Crippen LogP contribution in [0.2, 0.25) is 0 Å². The van der Waals surface area contributed by atoms with E-state index < -0.39 is 17.4 Å². The molecule has 1 aliphatic carbocycles. The zero-order chi connectivity index (χ0) is 25.0. The average Bonchev–Trinajstić information content (AvgIpc) is 3.22. The molecule has 0 bridgehead atoms. The summed E-state index contributed by atoms with van der Waals surface area (Å²) in [6, 6.07) is 32.3. The van der Waals surface area contributed by atoms with Crippen LogP contribution in [0.1, 0.15) is 50.8 Å². The van der Waals surface area contributed by atoms with E-state index in [0.717, 1.165) is 35.1 Å². The number of esters is 2. The van der Waals surface area contributed by atoms with Crippen molar-refractivity contribution in [2.24, 2.45) is 0 Å². The van der Waals surface area contributed by atoms with Gasteiger partial charge in [-0.05, 0) is 58.5 Å². The van der Waals surface area contributed by atoms with Crippen molar-refractivity contribution in [3.8, 4) is 11.1 Å². The highest BCUT2D eigenvalue weighted by Gasteiger charge is 2.46. The molecule has 0 saturated heterocycles. The van der Waals surface area contributed by atoms with Crippen molar-refractivity contribution in [2.45, 2.75) is 25.2 Å². The molecule has 0 unspecified atom stereocenters. The first-order chi connectivity index (χ1) is 17.6. The van der Waals surface area contributed by atoms with Crippen molar-refractivity contribution >= 4 is 11.9 Å². The minimum Gasteiger partial charge on any atom is -0.461 e. The molecule has 0 aromatic heterocycles. The van der Waals surface area contributed by atoms with E-state index >= 15 is 0 Å². The van der Waals surface area contributed by atoms with E-state index in [-0.39, 0.29) is 13.2 Å². The summed E-state index contributed by atoms with van der Waals surface area (Å²) in [4.78, 5) is 25.9. The number of carbonyl (C=O) groups excluding carboxylic acids is 2. The molecule has 4 heteroatoms. The standard InChI is InChI=1S/C32H28O4/c1-2-12-23-17-11-20-28-29(23)26-18-9-10-19-27(26)32(28,21-35-30(33)24-13-5-3-6-14-24)22-36-31(34)25-15-7-4-8-16-25/h3-11,13-20H,2,12,21-22H2,1H3. The lowest BCUT2D eigenvalue weighted by atomic mass is 9.79. The third kappa shape index (κ3) is 4.31. The lowest BCUT2D eigenvalue weighted by Gasteiger charge is -2.31. The van der Waals surface area contributed by atoms with Crippen LogP contribution >= 0.6 is 0 Å². The van der Waals surface area contributed by atoms with E-state index in [1.54, 1.807) is 24.3 Å². The van der Waals surface area contributed by atoms with Crippen molar-refractivity contribution in [1.29, 1.82) is 0 Å². The van der Waals surface area contributed by atoms with E-state index in [4.69, 9.17) is 9.47 Å². The van der Waals surface area contributed by atoms with E-state index in [9.17, 15) is 9.59 Å². The first-order valence-corrected chi connectivity index (χ1v) is 12.3. The van der Waals surface area contributed by atoms with Gasteiger partial charge in [0.15, 0.2) is 0 Å². The van der Waals surface area contributed by atoms with Crippen molar-refractivity contribution in [3.63, 3.8) is 0 Å². The molecule has 0 saturated carbocycles. The number of hydrogen-bond donors (Lipinski definition) is 0. The molecule has 0 heterocycles. The molecule has 0 atom stereocenters. The van der Waals surface area contributed by atoms with E-state index in [1.165, 1.54) is 5.56 Å². The Morgan fingerprint density at radius 3 is 1.75 bits per heavy atom. The number of carbonyl (C=O) groups is 2. The highest BCUT2D eigenvalue weighted by molar-refractivity contribution is 5.91. The van der Waals surface area contributed by atoms with Gasteiger partial charge in [0, 0.05) is 0 Å². The maximum Gasteiger partial charge on any atom is 0.338 e. The predicted molar refractivity (Wildman–Crippen MR) is 140 cm³/mol. The summed E-state index contributed by atoms with van der Waals surface area (Å²) in [5, 5.41) is 0. The smallest absolute Gasteiger partial charge is 0.338 e. The van der Waals surface area contributed by atoms with Gasteiger partial charge in [0.25, 0.3) is 0 Å². The SMILES string of the molecule is CCCc1cccc2c1-c1ccccc1C2(COC(=O)c1ccccc1)COC(=O)c1ccccc1. The zero-order valence-electron chi connectivity index (χ0n) is 20.3. The fraction of sp³-hybridized carbons (Fsp3) is 0.188. The monoisotopic (exact) mass is 476 g/mol. The molecule has 0 N–H and O–H groups in total. The molecular weight excluding hydrogens is 448 g/mol. The highest BCUT2D eigenvalue weighted by atomic mass is 16.5. The Morgan fingerprint density at radius 1 is 0.639 bits per heavy atom. The predicted octanol–water partition coefficient (Wildman–Crippen LogP) is 6.62. The molecule has 0 radical (unpaired) electrons. The fourth-order valence-electron chi connectivity index (χ4n) is 5.10. The van der Waals surface area contributed by atoms with Gasteiger partial charge in [0.05, 0.1) is 16.5 Å². The summed E-state index contributed by atoms with van der Waals surface area (Å²) in [6.45, 7) is 2.28. The molecule has 0 amide bonds. The van der Waals surface area contributed by atoms with Crippen molar-refractivity contribution in [1.82, 2.24) is 0 Å². The van der Waals surface area contributed by atoms with Crippen LogP contribution in [0.25, 0.3) is 11.1 Å². The molecule has 4 aromatic rings. The van der Waals surface area contributed by atoms with Gasteiger partial charge < -0.3 is 9.47 Å². The second-order valence-electron chi connectivity index (χ2n) is 9.10. The molecular formula is C32H28O4. The number of fused-ring (bicyclic) bond motifs is 3. The van der Waals surface area contributed by atoms with Crippen LogP contribution in [0.5, 0.6) is 0 Å². The Bertz CT molecular complexity index is 1320. The maximum atomic E-state index is 13.0. The number of benzene rings is 4. The lowest BCUT2D eigenvalue weighted by Crippen LogP contribution is -2.38. The van der Waals surface area contributed by atoms with Crippen molar-refractivity contribution in [3.05, 3.63) is 131 Å². The first-order valence-electron chi connectivity index (χ1n) is 12.3. The quantitative estimate of drug-likeness (QED) is 0.268. The van der Waals surface area contributed by atoms with Gasteiger partial charge in [-0.1, -0.05) is 92.2 Å². The molecule has 4 nitrogen and oxygen atoms in total. The Kier molecular flexibility index (Phi) is 6.68. The largest absolute Gasteiger partial charge is 0.461 e. The van der Waals surface area contributed by atoms with Crippen LogP contribution in [-0.2, 0) is 21.3 Å². The number of hydrogen-bond acceptors (Lipinski definition) is 4. The van der Waals surface area contributed by atoms with Crippen LogP contribution in [0.15, 0.2) is 103 Å². The second kappa shape index (κ2) is 10.2. The van der Waals surface area contributed by atoms with Gasteiger partial charge in [-0.25, -0.2) is 9.59 Å². The summed E-state index contributed by atoms with van der Waals surface area (Å²) in [6.07, 6.45) is 1.94. The number of aryl methyl sites for hydroxylation is 1. The Labute approximate surface area is 211 Å².